The molecule has 0 N–H and O–H groups in total. The molecule has 7 nitrogen and oxygen atoms in total. The maximum atomic E-state index is 11.6. The van der Waals surface area contributed by atoms with Crippen molar-refractivity contribution >= 4 is 18.0 Å². The Kier molecular flexibility index (Phi) is 5.35. The van der Waals surface area contributed by atoms with Gasteiger partial charge in [0.2, 0.25) is 0 Å². The Morgan fingerprint density at radius 3 is 2.05 bits per heavy atom. The number of allylic oxidation sites excluding steroid dienone is 1. The molecule has 0 aliphatic carbocycles. The summed E-state index contributed by atoms with van der Waals surface area (Å²) in [6.45, 7) is 0.359. The fraction of sp³-hybridized carbons (Fsp3) is 0.583. The zero-order valence-corrected chi connectivity index (χ0v) is 11.1. The van der Waals surface area contributed by atoms with Crippen LogP contribution in [0.3, 0.4) is 0 Å². The average molecular weight is 271 g/mol. The highest BCUT2D eigenvalue weighted by atomic mass is 16.5. The topological polar surface area (TPSA) is 82.1 Å². The molecule has 0 aromatic rings. The molecular formula is C12H17NO6. The third kappa shape index (κ3) is 3.46. The number of carbonyl (C=O) groups excluding carboxylic acids is 3. The SMILES string of the molecule is COC(=O)C(C(=O)OC)C1C=CN(C(=O)OC)CC1. The highest BCUT2D eigenvalue weighted by Gasteiger charge is 2.37. The van der Waals surface area contributed by atoms with Gasteiger partial charge in [0.15, 0.2) is 5.92 Å². The van der Waals surface area contributed by atoms with Crippen LogP contribution >= 0.6 is 0 Å². The molecule has 0 radical (unpaired) electrons. The van der Waals surface area contributed by atoms with Crippen LogP contribution in [0.25, 0.3) is 0 Å². The van der Waals surface area contributed by atoms with Gasteiger partial charge in [-0.3, -0.25) is 14.5 Å². The lowest BCUT2D eigenvalue weighted by atomic mass is 9.87. The van der Waals surface area contributed by atoms with Crippen molar-refractivity contribution in [3.8, 4) is 0 Å². The van der Waals surface area contributed by atoms with Gasteiger partial charge in [-0.25, -0.2) is 4.79 Å². The van der Waals surface area contributed by atoms with Gasteiger partial charge in [-0.15, -0.1) is 0 Å². The number of esters is 2. The Morgan fingerprint density at radius 1 is 1.11 bits per heavy atom. The van der Waals surface area contributed by atoms with Crippen LogP contribution in [-0.2, 0) is 23.8 Å². The number of amides is 1. The predicted octanol–water partition coefficient (Wildman–Crippen LogP) is 0.551. The van der Waals surface area contributed by atoms with Gasteiger partial charge >= 0.3 is 18.0 Å². The van der Waals surface area contributed by atoms with Gasteiger partial charge in [-0.1, -0.05) is 6.08 Å². The molecule has 1 atom stereocenters. The summed E-state index contributed by atoms with van der Waals surface area (Å²) in [5, 5.41) is 0. The fourth-order valence-electron chi connectivity index (χ4n) is 1.92. The third-order valence-electron chi connectivity index (χ3n) is 2.96. The largest absolute Gasteiger partial charge is 0.468 e. The van der Waals surface area contributed by atoms with Crippen molar-refractivity contribution in [2.24, 2.45) is 11.8 Å². The average Bonchev–Trinajstić information content (AvgIpc) is 2.46. The maximum Gasteiger partial charge on any atom is 0.413 e. The van der Waals surface area contributed by atoms with Crippen LogP contribution in [0.5, 0.6) is 0 Å². The highest BCUT2D eigenvalue weighted by molar-refractivity contribution is 5.95. The molecule has 1 rings (SSSR count). The van der Waals surface area contributed by atoms with Crippen molar-refractivity contribution in [3.63, 3.8) is 0 Å². The molecule has 0 aromatic heterocycles. The third-order valence-corrected chi connectivity index (χ3v) is 2.96. The molecule has 0 spiro atoms. The summed E-state index contributed by atoms with van der Waals surface area (Å²) in [4.78, 5) is 35.9. The predicted molar refractivity (Wildman–Crippen MR) is 63.9 cm³/mol. The first-order valence-corrected chi connectivity index (χ1v) is 5.73. The molecule has 0 fully saturated rings. The Bertz CT molecular complexity index is 376. The quantitative estimate of drug-likeness (QED) is 0.423. The van der Waals surface area contributed by atoms with Crippen LogP contribution in [0.1, 0.15) is 6.42 Å². The first-order valence-electron chi connectivity index (χ1n) is 5.73. The second-order valence-corrected chi connectivity index (χ2v) is 3.98. The molecule has 1 amide bonds. The van der Waals surface area contributed by atoms with E-state index in [1.807, 2.05) is 0 Å². The number of hydrogen-bond donors (Lipinski definition) is 0. The number of rotatable bonds is 3. The summed E-state index contributed by atoms with van der Waals surface area (Å²) < 4.78 is 13.8. The maximum absolute atomic E-state index is 11.6. The van der Waals surface area contributed by atoms with Crippen molar-refractivity contribution in [2.45, 2.75) is 6.42 Å². The monoisotopic (exact) mass is 271 g/mol. The van der Waals surface area contributed by atoms with Crippen LogP contribution in [0.2, 0.25) is 0 Å². The molecule has 1 aliphatic rings. The van der Waals surface area contributed by atoms with E-state index in [0.29, 0.717) is 13.0 Å². The van der Waals surface area contributed by atoms with Gasteiger partial charge in [0.05, 0.1) is 21.3 Å². The van der Waals surface area contributed by atoms with Gasteiger partial charge in [0.1, 0.15) is 0 Å². The summed E-state index contributed by atoms with van der Waals surface area (Å²) in [6, 6.07) is 0. The van der Waals surface area contributed by atoms with Crippen LogP contribution in [0, 0.1) is 11.8 Å². The van der Waals surface area contributed by atoms with E-state index in [2.05, 4.69) is 14.2 Å². The van der Waals surface area contributed by atoms with Crippen molar-refractivity contribution in [2.75, 3.05) is 27.9 Å². The van der Waals surface area contributed by atoms with Gasteiger partial charge in [0, 0.05) is 18.7 Å². The summed E-state index contributed by atoms with van der Waals surface area (Å²) in [6.07, 6.45) is 3.07. The molecule has 7 heteroatoms. The Morgan fingerprint density at radius 2 is 1.68 bits per heavy atom. The van der Waals surface area contributed by atoms with E-state index in [1.54, 1.807) is 6.08 Å². The van der Waals surface area contributed by atoms with Gasteiger partial charge in [0.25, 0.3) is 0 Å². The van der Waals surface area contributed by atoms with Crippen LogP contribution in [0.15, 0.2) is 12.3 Å². The molecule has 0 saturated carbocycles. The number of nitrogens with zero attached hydrogens (tertiary/aromatic N) is 1. The molecular weight excluding hydrogens is 254 g/mol. The number of methoxy groups -OCH3 is 3. The lowest BCUT2D eigenvalue weighted by Crippen LogP contribution is -2.38. The van der Waals surface area contributed by atoms with E-state index in [-0.39, 0.29) is 5.92 Å². The van der Waals surface area contributed by atoms with E-state index < -0.39 is 23.9 Å². The Hall–Kier alpha value is -2.05. The van der Waals surface area contributed by atoms with Gasteiger partial charge in [-0.05, 0) is 6.42 Å². The van der Waals surface area contributed by atoms with Gasteiger partial charge < -0.3 is 14.2 Å². The first kappa shape index (κ1) is 15.0. The van der Waals surface area contributed by atoms with E-state index in [0.717, 1.165) is 0 Å². The van der Waals surface area contributed by atoms with Crippen molar-refractivity contribution < 1.29 is 28.6 Å². The molecule has 19 heavy (non-hydrogen) atoms. The first-order chi connectivity index (χ1) is 9.04. The smallest absolute Gasteiger partial charge is 0.413 e. The van der Waals surface area contributed by atoms with Crippen LogP contribution < -0.4 is 0 Å². The standard InChI is InChI=1S/C12H17NO6/c1-17-10(14)9(11(15)18-2)8-4-6-13(7-5-8)12(16)19-3/h4,6,8-9H,5,7H2,1-3H3. The molecule has 1 heterocycles. The van der Waals surface area contributed by atoms with Gasteiger partial charge in [-0.2, -0.15) is 0 Å². The molecule has 0 saturated heterocycles. The second-order valence-electron chi connectivity index (χ2n) is 3.98. The molecule has 0 aromatic carbocycles. The van der Waals surface area contributed by atoms with Crippen LogP contribution in [-0.4, -0.2) is 50.8 Å². The van der Waals surface area contributed by atoms with Crippen LogP contribution in [0.4, 0.5) is 4.79 Å². The molecule has 0 bridgehead atoms. The number of ether oxygens (including phenoxy) is 3. The summed E-state index contributed by atoms with van der Waals surface area (Å²) in [5.74, 6) is -2.66. The lowest BCUT2D eigenvalue weighted by molar-refractivity contribution is -0.160. The lowest BCUT2D eigenvalue weighted by Gasteiger charge is -2.27. The van der Waals surface area contributed by atoms with E-state index in [9.17, 15) is 14.4 Å². The van der Waals surface area contributed by atoms with E-state index in [4.69, 9.17) is 0 Å². The zero-order valence-electron chi connectivity index (χ0n) is 11.1. The number of carbonyl (C=O) groups is 3. The molecule has 106 valence electrons. The van der Waals surface area contributed by atoms with Crippen molar-refractivity contribution in [1.29, 1.82) is 0 Å². The second kappa shape index (κ2) is 6.77. The highest BCUT2D eigenvalue weighted by Crippen LogP contribution is 2.25. The minimum atomic E-state index is -1.01. The summed E-state index contributed by atoms with van der Waals surface area (Å²) >= 11 is 0. The minimum Gasteiger partial charge on any atom is -0.468 e. The Balaban J connectivity index is 2.81. The number of hydrogen-bond acceptors (Lipinski definition) is 6. The summed E-state index contributed by atoms with van der Waals surface area (Å²) in [5.41, 5.74) is 0. The fourth-order valence-corrected chi connectivity index (χ4v) is 1.92. The van der Waals surface area contributed by atoms with Crippen molar-refractivity contribution in [1.82, 2.24) is 4.90 Å². The van der Waals surface area contributed by atoms with Crippen molar-refractivity contribution in [3.05, 3.63) is 12.3 Å². The normalized spacial score (nSPS) is 18.1. The molecule has 1 aliphatic heterocycles. The Labute approximate surface area is 111 Å². The van der Waals surface area contributed by atoms with E-state index in [1.165, 1.54) is 32.4 Å². The molecule has 1 unspecified atom stereocenters. The minimum absolute atomic E-state index is 0.359. The summed E-state index contributed by atoms with van der Waals surface area (Å²) in [7, 11) is 3.71. The van der Waals surface area contributed by atoms with E-state index >= 15 is 0 Å². The zero-order chi connectivity index (χ0) is 14.4.